The second-order valence-electron chi connectivity index (χ2n) is 5.11. The van der Waals surface area contributed by atoms with Crippen molar-refractivity contribution in [2.75, 3.05) is 19.6 Å². The Labute approximate surface area is 106 Å². The van der Waals surface area contributed by atoms with E-state index in [1.807, 2.05) is 26.0 Å². The predicted octanol–water partition coefficient (Wildman–Crippen LogP) is 2.09. The van der Waals surface area contributed by atoms with Gasteiger partial charge < -0.3 is 5.11 Å². The number of rotatable bonds is 3. The SMILES string of the molecule is Cc1ccc(C(=O)CN2CCC(C)(O)CC2)s1. The Kier molecular flexibility index (Phi) is 3.66. The third-order valence-electron chi connectivity index (χ3n) is 3.32. The Bertz CT molecular complexity index is 401. The van der Waals surface area contributed by atoms with Crippen molar-refractivity contribution < 1.29 is 9.90 Å². The molecule has 94 valence electrons. The molecule has 2 heterocycles. The zero-order valence-electron chi connectivity index (χ0n) is 10.4. The maximum absolute atomic E-state index is 12.0. The Morgan fingerprint density at radius 3 is 2.65 bits per heavy atom. The minimum Gasteiger partial charge on any atom is -0.390 e. The van der Waals surface area contributed by atoms with Crippen LogP contribution in [0.1, 0.15) is 34.3 Å². The molecule has 0 atom stereocenters. The van der Waals surface area contributed by atoms with Gasteiger partial charge in [-0.15, -0.1) is 11.3 Å². The minimum atomic E-state index is -0.543. The van der Waals surface area contributed by atoms with Gasteiger partial charge in [-0.05, 0) is 38.8 Å². The summed E-state index contributed by atoms with van der Waals surface area (Å²) in [6.07, 6.45) is 1.51. The summed E-state index contributed by atoms with van der Waals surface area (Å²) >= 11 is 1.56. The number of nitrogens with zero attached hydrogens (tertiary/aromatic N) is 1. The summed E-state index contributed by atoms with van der Waals surface area (Å²) in [5.41, 5.74) is -0.543. The van der Waals surface area contributed by atoms with Crippen LogP contribution in [-0.2, 0) is 0 Å². The first-order valence-electron chi connectivity index (χ1n) is 6.01. The van der Waals surface area contributed by atoms with E-state index in [-0.39, 0.29) is 5.78 Å². The second-order valence-corrected chi connectivity index (χ2v) is 6.39. The van der Waals surface area contributed by atoms with E-state index in [0.29, 0.717) is 6.54 Å². The second kappa shape index (κ2) is 4.88. The number of aryl methyl sites for hydroxylation is 1. The lowest BCUT2D eigenvalue weighted by atomic mass is 9.94. The predicted molar refractivity (Wildman–Crippen MR) is 69.7 cm³/mol. The molecule has 1 aliphatic rings. The van der Waals surface area contributed by atoms with Gasteiger partial charge in [0, 0.05) is 18.0 Å². The van der Waals surface area contributed by atoms with Gasteiger partial charge in [-0.3, -0.25) is 9.69 Å². The zero-order valence-corrected chi connectivity index (χ0v) is 11.2. The molecule has 0 spiro atoms. The number of ketones is 1. The lowest BCUT2D eigenvalue weighted by Crippen LogP contribution is -2.44. The molecule has 0 unspecified atom stereocenters. The number of Topliss-reactive ketones (excluding diaryl/α,β-unsaturated/α-hetero) is 1. The Hall–Kier alpha value is -0.710. The van der Waals surface area contributed by atoms with Gasteiger partial charge in [-0.25, -0.2) is 0 Å². The van der Waals surface area contributed by atoms with E-state index in [2.05, 4.69) is 4.90 Å². The molecule has 0 aliphatic carbocycles. The van der Waals surface area contributed by atoms with Gasteiger partial charge in [0.05, 0.1) is 17.0 Å². The Morgan fingerprint density at radius 1 is 1.47 bits per heavy atom. The summed E-state index contributed by atoms with van der Waals surface area (Å²) < 4.78 is 0. The minimum absolute atomic E-state index is 0.199. The average Bonchev–Trinajstić information content (AvgIpc) is 2.68. The van der Waals surface area contributed by atoms with Crippen molar-refractivity contribution in [2.24, 2.45) is 0 Å². The molecular weight excluding hydrogens is 234 g/mol. The molecule has 0 saturated carbocycles. The number of carbonyl (C=O) groups is 1. The van der Waals surface area contributed by atoms with Crippen molar-refractivity contribution in [1.29, 1.82) is 0 Å². The van der Waals surface area contributed by atoms with Gasteiger partial charge in [-0.1, -0.05) is 0 Å². The largest absolute Gasteiger partial charge is 0.390 e. The fraction of sp³-hybridized carbons (Fsp3) is 0.615. The van der Waals surface area contributed by atoms with Gasteiger partial charge in [-0.2, -0.15) is 0 Å². The van der Waals surface area contributed by atoms with Crippen LogP contribution in [-0.4, -0.2) is 41.0 Å². The van der Waals surface area contributed by atoms with E-state index < -0.39 is 5.60 Å². The molecule has 1 saturated heterocycles. The fourth-order valence-electron chi connectivity index (χ4n) is 2.06. The molecule has 1 aromatic heterocycles. The van der Waals surface area contributed by atoms with Crippen molar-refractivity contribution in [3.8, 4) is 0 Å². The van der Waals surface area contributed by atoms with Crippen LogP contribution in [0.2, 0.25) is 0 Å². The molecule has 3 nitrogen and oxygen atoms in total. The number of likely N-dealkylation sites (tertiary alicyclic amines) is 1. The molecule has 0 aromatic carbocycles. The van der Waals surface area contributed by atoms with E-state index in [1.165, 1.54) is 4.88 Å². The number of hydrogen-bond donors (Lipinski definition) is 1. The van der Waals surface area contributed by atoms with Crippen molar-refractivity contribution in [2.45, 2.75) is 32.3 Å². The highest BCUT2D eigenvalue weighted by atomic mass is 32.1. The van der Waals surface area contributed by atoms with Gasteiger partial charge in [0.1, 0.15) is 0 Å². The van der Waals surface area contributed by atoms with Crippen LogP contribution in [0, 0.1) is 6.92 Å². The van der Waals surface area contributed by atoms with E-state index in [4.69, 9.17) is 0 Å². The molecule has 0 amide bonds. The molecule has 0 bridgehead atoms. The molecule has 2 rings (SSSR count). The van der Waals surface area contributed by atoms with Crippen LogP contribution in [0.4, 0.5) is 0 Å². The quantitative estimate of drug-likeness (QED) is 0.839. The van der Waals surface area contributed by atoms with Crippen LogP contribution in [0.15, 0.2) is 12.1 Å². The lowest BCUT2D eigenvalue weighted by molar-refractivity contribution is -0.00417. The molecule has 1 aliphatic heterocycles. The molecule has 1 N–H and O–H groups in total. The van der Waals surface area contributed by atoms with Gasteiger partial charge in [0.15, 0.2) is 5.78 Å². The van der Waals surface area contributed by atoms with Gasteiger partial charge in [0.2, 0.25) is 0 Å². The van der Waals surface area contributed by atoms with E-state index >= 15 is 0 Å². The summed E-state index contributed by atoms with van der Waals surface area (Å²) in [7, 11) is 0. The standard InChI is InChI=1S/C13H19NO2S/c1-10-3-4-12(17-10)11(15)9-14-7-5-13(2,16)6-8-14/h3-4,16H,5-9H2,1-2H3. The van der Waals surface area contributed by atoms with E-state index in [1.54, 1.807) is 11.3 Å². The summed E-state index contributed by atoms with van der Waals surface area (Å²) in [5, 5.41) is 9.84. The Balaban J connectivity index is 1.88. The fourth-order valence-corrected chi connectivity index (χ4v) is 2.86. The zero-order chi connectivity index (χ0) is 12.5. The van der Waals surface area contributed by atoms with E-state index in [9.17, 15) is 9.90 Å². The maximum Gasteiger partial charge on any atom is 0.186 e. The number of thiophene rings is 1. The van der Waals surface area contributed by atoms with Crippen molar-refractivity contribution in [1.82, 2.24) is 4.90 Å². The molecule has 1 fully saturated rings. The third-order valence-corrected chi connectivity index (χ3v) is 4.36. The van der Waals surface area contributed by atoms with Crippen LogP contribution in [0.25, 0.3) is 0 Å². The monoisotopic (exact) mass is 253 g/mol. The van der Waals surface area contributed by atoms with Crippen LogP contribution < -0.4 is 0 Å². The highest BCUT2D eigenvalue weighted by Gasteiger charge is 2.28. The van der Waals surface area contributed by atoms with Crippen LogP contribution in [0.5, 0.6) is 0 Å². The van der Waals surface area contributed by atoms with Crippen molar-refractivity contribution in [3.63, 3.8) is 0 Å². The van der Waals surface area contributed by atoms with Crippen molar-refractivity contribution in [3.05, 3.63) is 21.9 Å². The lowest BCUT2D eigenvalue weighted by Gasteiger charge is -2.35. The first kappa shape index (κ1) is 12.7. The van der Waals surface area contributed by atoms with Gasteiger partial charge >= 0.3 is 0 Å². The van der Waals surface area contributed by atoms with E-state index in [0.717, 1.165) is 30.8 Å². The number of piperidine rings is 1. The van der Waals surface area contributed by atoms with Crippen molar-refractivity contribution >= 4 is 17.1 Å². The molecular formula is C13H19NO2S. The number of aliphatic hydroxyl groups is 1. The highest BCUT2D eigenvalue weighted by Crippen LogP contribution is 2.22. The van der Waals surface area contributed by atoms with Crippen LogP contribution >= 0.6 is 11.3 Å². The average molecular weight is 253 g/mol. The first-order chi connectivity index (χ1) is 7.96. The summed E-state index contributed by atoms with van der Waals surface area (Å²) in [5.74, 6) is 0.199. The molecule has 4 heteroatoms. The molecule has 0 radical (unpaired) electrons. The highest BCUT2D eigenvalue weighted by molar-refractivity contribution is 7.14. The molecule has 17 heavy (non-hydrogen) atoms. The number of hydrogen-bond acceptors (Lipinski definition) is 4. The summed E-state index contributed by atoms with van der Waals surface area (Å²) in [6, 6.07) is 3.89. The third kappa shape index (κ3) is 3.37. The first-order valence-corrected chi connectivity index (χ1v) is 6.82. The topological polar surface area (TPSA) is 40.5 Å². The summed E-state index contributed by atoms with van der Waals surface area (Å²) in [4.78, 5) is 16.2. The maximum atomic E-state index is 12.0. The number of carbonyl (C=O) groups excluding carboxylic acids is 1. The van der Waals surface area contributed by atoms with Crippen LogP contribution in [0.3, 0.4) is 0 Å². The normalized spacial score (nSPS) is 20.4. The van der Waals surface area contributed by atoms with Gasteiger partial charge in [0.25, 0.3) is 0 Å². The summed E-state index contributed by atoms with van der Waals surface area (Å²) in [6.45, 7) is 5.98. The Morgan fingerprint density at radius 2 is 2.12 bits per heavy atom. The smallest absolute Gasteiger partial charge is 0.186 e. The molecule has 1 aromatic rings.